The number of aryl methyl sites for hydroxylation is 1. The molecule has 3 rings (SSSR count). The second-order valence-electron chi connectivity index (χ2n) is 5.53. The second kappa shape index (κ2) is 5.19. The summed E-state index contributed by atoms with van der Waals surface area (Å²) in [4.78, 5) is 18.4. The van der Waals surface area contributed by atoms with Gasteiger partial charge in [0, 0.05) is 25.7 Å². The van der Waals surface area contributed by atoms with E-state index in [9.17, 15) is 4.79 Å². The Hall–Kier alpha value is -1.58. The highest BCUT2D eigenvalue weighted by atomic mass is 16.1. The molecule has 0 radical (unpaired) electrons. The summed E-state index contributed by atoms with van der Waals surface area (Å²) in [6, 6.07) is 0. The van der Waals surface area contributed by atoms with Gasteiger partial charge in [0.1, 0.15) is 0 Å². The lowest BCUT2D eigenvalue weighted by Gasteiger charge is -2.32. The molecule has 1 aromatic heterocycles. The first-order valence-corrected chi connectivity index (χ1v) is 7.29. The van der Waals surface area contributed by atoms with Gasteiger partial charge in [-0.1, -0.05) is 0 Å². The van der Waals surface area contributed by atoms with Crippen LogP contribution in [0.1, 0.15) is 43.9 Å². The number of pyridine rings is 1. The van der Waals surface area contributed by atoms with Gasteiger partial charge in [-0.3, -0.25) is 9.78 Å². The number of nitrogens with zero attached hydrogens (tertiary/aromatic N) is 2. The molecule has 1 N–H and O–H groups in total. The van der Waals surface area contributed by atoms with E-state index in [4.69, 9.17) is 0 Å². The third kappa shape index (κ3) is 2.44. The topological polar surface area (TPSA) is 45.2 Å². The monoisotopic (exact) mass is 259 g/mol. The molecule has 2 heterocycles. The number of carbonyl (C=O) groups excluding carboxylic acids is 1. The van der Waals surface area contributed by atoms with Crippen LogP contribution in [0, 0.1) is 0 Å². The Morgan fingerprint density at radius 2 is 2.00 bits per heavy atom. The van der Waals surface area contributed by atoms with Crippen LogP contribution in [-0.4, -0.2) is 24.0 Å². The molecule has 1 aliphatic heterocycles. The number of carbonyl (C=O) groups is 1. The van der Waals surface area contributed by atoms with Crippen molar-refractivity contribution >= 4 is 17.3 Å². The molecule has 4 heteroatoms. The number of hydrogen-bond donors (Lipinski definition) is 1. The Morgan fingerprint density at radius 3 is 2.74 bits per heavy atom. The minimum absolute atomic E-state index is 0.0157. The first-order valence-electron chi connectivity index (χ1n) is 7.29. The van der Waals surface area contributed by atoms with Crippen LogP contribution in [0.5, 0.6) is 0 Å². The highest BCUT2D eigenvalue weighted by Gasteiger charge is 2.24. The van der Waals surface area contributed by atoms with Gasteiger partial charge in [-0.05, 0) is 44.1 Å². The Bertz CT molecular complexity index is 492. The first-order chi connectivity index (χ1) is 9.25. The van der Waals surface area contributed by atoms with Crippen LogP contribution < -0.4 is 10.2 Å². The number of nitrogens with one attached hydrogen (secondary N) is 1. The zero-order chi connectivity index (χ0) is 13.2. The van der Waals surface area contributed by atoms with Crippen molar-refractivity contribution in [3.63, 3.8) is 0 Å². The fourth-order valence-electron chi connectivity index (χ4n) is 3.25. The average molecular weight is 259 g/mol. The molecule has 0 saturated carbocycles. The molecule has 0 aromatic carbocycles. The summed E-state index contributed by atoms with van der Waals surface area (Å²) < 4.78 is 0. The Morgan fingerprint density at radius 1 is 1.21 bits per heavy atom. The summed E-state index contributed by atoms with van der Waals surface area (Å²) in [5.41, 5.74) is 4.75. The molecular formula is C15H21N3O. The van der Waals surface area contributed by atoms with Crippen molar-refractivity contribution < 1.29 is 4.79 Å². The summed E-state index contributed by atoms with van der Waals surface area (Å²) >= 11 is 0. The number of anilines is 2. The van der Waals surface area contributed by atoms with E-state index in [0.29, 0.717) is 0 Å². The van der Waals surface area contributed by atoms with Gasteiger partial charge in [0.15, 0.2) is 0 Å². The Kier molecular flexibility index (Phi) is 3.40. The van der Waals surface area contributed by atoms with Crippen LogP contribution in [0.2, 0.25) is 0 Å². The largest absolute Gasteiger partial charge is 0.370 e. The summed E-state index contributed by atoms with van der Waals surface area (Å²) in [7, 11) is 0. The average Bonchev–Trinajstić information content (AvgIpc) is 2.87. The fraction of sp³-hybridized carbons (Fsp3) is 0.600. The van der Waals surface area contributed by atoms with Crippen molar-refractivity contribution in [2.45, 2.75) is 45.4 Å². The number of piperidine rings is 1. The van der Waals surface area contributed by atoms with E-state index in [1.807, 2.05) is 6.20 Å². The molecule has 102 valence electrons. The van der Waals surface area contributed by atoms with Crippen molar-refractivity contribution in [1.29, 1.82) is 0 Å². The smallest absolute Gasteiger partial charge is 0.221 e. The molecule has 1 aromatic rings. The number of rotatable bonds is 2. The number of fused-ring (bicyclic) bond motifs is 1. The molecule has 1 fully saturated rings. The highest BCUT2D eigenvalue weighted by molar-refractivity contribution is 5.93. The van der Waals surface area contributed by atoms with Crippen LogP contribution in [0.25, 0.3) is 0 Å². The van der Waals surface area contributed by atoms with Gasteiger partial charge in [-0.2, -0.15) is 0 Å². The SMILES string of the molecule is CC(=O)Nc1cnc2c(c1N1CCCCC1)CCC2. The molecule has 4 nitrogen and oxygen atoms in total. The van der Waals surface area contributed by atoms with E-state index in [1.165, 1.54) is 42.6 Å². The van der Waals surface area contributed by atoms with E-state index in [1.54, 1.807) is 6.92 Å². The molecule has 0 unspecified atom stereocenters. The highest BCUT2D eigenvalue weighted by Crippen LogP contribution is 2.37. The van der Waals surface area contributed by atoms with Crippen molar-refractivity contribution in [1.82, 2.24) is 4.98 Å². The molecule has 0 spiro atoms. The van der Waals surface area contributed by atoms with Crippen LogP contribution in [-0.2, 0) is 17.6 Å². The van der Waals surface area contributed by atoms with Crippen molar-refractivity contribution in [3.05, 3.63) is 17.5 Å². The van der Waals surface area contributed by atoms with Crippen molar-refractivity contribution in [2.75, 3.05) is 23.3 Å². The van der Waals surface area contributed by atoms with Gasteiger partial charge in [0.2, 0.25) is 5.91 Å². The lowest BCUT2D eigenvalue weighted by atomic mass is 10.1. The van der Waals surface area contributed by atoms with Gasteiger partial charge >= 0.3 is 0 Å². The maximum absolute atomic E-state index is 11.4. The Balaban J connectivity index is 2.01. The zero-order valence-electron chi connectivity index (χ0n) is 11.5. The maximum atomic E-state index is 11.4. The maximum Gasteiger partial charge on any atom is 0.221 e. The molecule has 2 aliphatic rings. The quantitative estimate of drug-likeness (QED) is 0.887. The van der Waals surface area contributed by atoms with Gasteiger partial charge in [0.05, 0.1) is 17.6 Å². The summed E-state index contributed by atoms with van der Waals surface area (Å²) in [5.74, 6) is -0.0157. The van der Waals surface area contributed by atoms with Gasteiger partial charge in [0.25, 0.3) is 0 Å². The van der Waals surface area contributed by atoms with Gasteiger partial charge < -0.3 is 10.2 Å². The van der Waals surface area contributed by atoms with Crippen molar-refractivity contribution in [2.24, 2.45) is 0 Å². The van der Waals surface area contributed by atoms with Crippen molar-refractivity contribution in [3.8, 4) is 0 Å². The predicted molar refractivity (Wildman–Crippen MR) is 76.6 cm³/mol. The lowest BCUT2D eigenvalue weighted by Crippen LogP contribution is -2.31. The van der Waals surface area contributed by atoms with Crippen LogP contribution >= 0.6 is 0 Å². The lowest BCUT2D eigenvalue weighted by molar-refractivity contribution is -0.114. The molecule has 0 bridgehead atoms. The second-order valence-corrected chi connectivity index (χ2v) is 5.53. The van der Waals surface area contributed by atoms with E-state index >= 15 is 0 Å². The molecule has 1 aliphatic carbocycles. The third-order valence-electron chi connectivity index (χ3n) is 4.06. The summed E-state index contributed by atoms with van der Waals surface area (Å²) in [6.07, 6.45) is 9.02. The van der Waals surface area contributed by atoms with E-state index in [-0.39, 0.29) is 5.91 Å². The number of amides is 1. The number of hydrogen-bond acceptors (Lipinski definition) is 3. The predicted octanol–water partition coefficient (Wildman–Crippen LogP) is 2.52. The van der Waals surface area contributed by atoms with Crippen LogP contribution in [0.15, 0.2) is 6.20 Å². The molecule has 0 atom stereocenters. The third-order valence-corrected chi connectivity index (χ3v) is 4.06. The number of aromatic nitrogens is 1. The summed E-state index contributed by atoms with van der Waals surface area (Å²) in [5, 5.41) is 2.96. The first kappa shape index (κ1) is 12.5. The summed E-state index contributed by atoms with van der Waals surface area (Å²) in [6.45, 7) is 3.76. The minimum atomic E-state index is -0.0157. The van der Waals surface area contributed by atoms with E-state index in [0.717, 1.165) is 31.6 Å². The van der Waals surface area contributed by atoms with E-state index in [2.05, 4.69) is 15.2 Å². The van der Waals surface area contributed by atoms with Gasteiger partial charge in [-0.25, -0.2) is 0 Å². The van der Waals surface area contributed by atoms with Crippen LogP contribution in [0.4, 0.5) is 11.4 Å². The molecular weight excluding hydrogens is 238 g/mol. The normalized spacial score (nSPS) is 18.3. The standard InChI is InChI=1S/C15H21N3O/c1-11(19)17-14-10-16-13-7-5-6-12(13)15(14)18-8-3-2-4-9-18/h10H,2-9H2,1H3,(H,17,19). The molecule has 1 saturated heterocycles. The fourth-order valence-corrected chi connectivity index (χ4v) is 3.25. The molecule has 1 amide bonds. The van der Waals surface area contributed by atoms with E-state index < -0.39 is 0 Å². The molecule has 19 heavy (non-hydrogen) atoms. The minimum Gasteiger partial charge on any atom is -0.370 e. The Labute approximate surface area is 114 Å². The van der Waals surface area contributed by atoms with Gasteiger partial charge in [-0.15, -0.1) is 0 Å². The van der Waals surface area contributed by atoms with Crippen LogP contribution in [0.3, 0.4) is 0 Å². The zero-order valence-corrected chi connectivity index (χ0v) is 11.5.